The third-order valence-electron chi connectivity index (χ3n) is 6.56. The van der Waals surface area contributed by atoms with Crippen molar-refractivity contribution >= 4 is 47.1 Å². The van der Waals surface area contributed by atoms with Crippen LogP contribution in [0.3, 0.4) is 0 Å². The van der Waals surface area contributed by atoms with Crippen molar-refractivity contribution in [3.8, 4) is 11.5 Å². The van der Waals surface area contributed by atoms with E-state index in [4.69, 9.17) is 9.16 Å². The molecule has 0 N–H and O–H groups in total. The summed E-state index contributed by atoms with van der Waals surface area (Å²) < 4.78 is 28.6. The Balaban J connectivity index is 2.03. The van der Waals surface area contributed by atoms with Crippen molar-refractivity contribution in [1.82, 2.24) is 0 Å². The highest BCUT2D eigenvalue weighted by molar-refractivity contribution is 9.10. The molecule has 0 aliphatic carbocycles. The Morgan fingerprint density at radius 2 is 1.36 bits per heavy atom. The number of fused-ring (bicyclic) bond motifs is 1. The van der Waals surface area contributed by atoms with Gasteiger partial charge in [0.25, 0.3) is 0 Å². The van der Waals surface area contributed by atoms with Crippen LogP contribution in [0.25, 0.3) is 0 Å². The lowest BCUT2D eigenvalue weighted by Crippen LogP contribution is -2.69. The first kappa shape index (κ1) is 24.3. The monoisotopic (exact) mass is 542 g/mol. The van der Waals surface area contributed by atoms with Gasteiger partial charge in [0.2, 0.25) is 0 Å². The van der Waals surface area contributed by atoms with Crippen LogP contribution >= 0.6 is 23.1 Å². The van der Waals surface area contributed by atoms with Gasteiger partial charge in [0.05, 0.1) is 9.78 Å². The zero-order valence-corrected chi connectivity index (χ0v) is 23.7. The summed E-state index contributed by atoms with van der Waals surface area (Å²) in [4.78, 5) is 0. The Labute approximate surface area is 207 Å². The summed E-state index contributed by atoms with van der Waals surface area (Å²) in [5.41, 5.74) is 0. The Bertz CT molecular complexity index is 1160. The standard InChI is InChI=1S/C27H32BrO3PSi/c1-26(2,3)32(29)19-30-24-22(28)17-18-23(25(24)32)31-33(27(4,5)6,20-13-9-7-10-14-20)21-15-11-8-12-16-21/h7-18H,19H2,1-6H3. The van der Waals surface area contributed by atoms with E-state index in [9.17, 15) is 4.57 Å². The molecule has 0 bridgehead atoms. The number of hydrogen-bond donors (Lipinski definition) is 0. The lowest BCUT2D eigenvalue weighted by Gasteiger charge is -2.43. The minimum Gasteiger partial charge on any atom is -0.533 e. The average molecular weight is 544 g/mol. The van der Waals surface area contributed by atoms with Gasteiger partial charge in [0.15, 0.2) is 7.14 Å². The normalized spacial score (nSPS) is 18.5. The molecular formula is C27H32BrO3PSi. The van der Waals surface area contributed by atoms with Crippen molar-refractivity contribution in [1.29, 1.82) is 0 Å². The number of halogens is 1. The van der Waals surface area contributed by atoms with Gasteiger partial charge >= 0.3 is 8.32 Å². The molecule has 4 rings (SSSR count). The van der Waals surface area contributed by atoms with E-state index in [-0.39, 0.29) is 11.4 Å². The quantitative estimate of drug-likeness (QED) is 0.278. The van der Waals surface area contributed by atoms with Crippen LogP contribution in [0, 0.1) is 0 Å². The van der Waals surface area contributed by atoms with Crippen LogP contribution in [-0.4, -0.2) is 19.8 Å². The van der Waals surface area contributed by atoms with E-state index in [0.29, 0.717) is 11.5 Å². The van der Waals surface area contributed by atoms with Crippen molar-refractivity contribution in [2.75, 3.05) is 6.35 Å². The maximum absolute atomic E-state index is 14.4. The summed E-state index contributed by atoms with van der Waals surface area (Å²) in [6.07, 6.45) is 0.200. The summed E-state index contributed by atoms with van der Waals surface area (Å²) in [7, 11) is -5.75. The van der Waals surface area contributed by atoms with E-state index in [1.165, 1.54) is 10.4 Å². The minimum atomic E-state index is -2.88. The van der Waals surface area contributed by atoms with Gasteiger partial charge in [-0.3, -0.25) is 0 Å². The molecule has 0 aromatic heterocycles. The Hall–Kier alpha value is -1.81. The first-order valence-electron chi connectivity index (χ1n) is 11.3. The molecule has 0 saturated carbocycles. The van der Waals surface area contributed by atoms with E-state index in [0.717, 1.165) is 9.78 Å². The van der Waals surface area contributed by atoms with Crippen molar-refractivity contribution < 1.29 is 13.7 Å². The van der Waals surface area contributed by atoms with Crippen LogP contribution in [0.15, 0.2) is 77.3 Å². The summed E-state index contributed by atoms with van der Waals surface area (Å²) in [6.45, 7) is 12.8. The molecular weight excluding hydrogens is 511 g/mol. The number of hydrogen-bond acceptors (Lipinski definition) is 3. The summed E-state index contributed by atoms with van der Waals surface area (Å²) in [5, 5.41) is 2.47. The predicted octanol–water partition coefficient (Wildman–Crippen LogP) is 6.52. The van der Waals surface area contributed by atoms with Gasteiger partial charge in [-0.2, -0.15) is 0 Å². The molecule has 0 radical (unpaired) electrons. The lowest BCUT2D eigenvalue weighted by atomic mass is 10.2. The van der Waals surface area contributed by atoms with Crippen LogP contribution in [0.1, 0.15) is 41.5 Å². The molecule has 1 aliphatic heterocycles. The van der Waals surface area contributed by atoms with Crippen LogP contribution in [0.2, 0.25) is 5.04 Å². The number of ether oxygens (including phenoxy) is 1. The zero-order chi connectivity index (χ0) is 24.1. The Morgan fingerprint density at radius 1 is 0.848 bits per heavy atom. The fourth-order valence-corrected chi connectivity index (χ4v) is 12.3. The third kappa shape index (κ3) is 3.92. The van der Waals surface area contributed by atoms with E-state index in [2.05, 4.69) is 85.2 Å². The molecule has 1 unspecified atom stereocenters. The minimum absolute atomic E-state index is 0.194. The highest BCUT2D eigenvalue weighted by atomic mass is 79.9. The molecule has 6 heteroatoms. The highest BCUT2D eigenvalue weighted by Gasteiger charge is 2.54. The van der Waals surface area contributed by atoms with Gasteiger partial charge in [0, 0.05) is 5.16 Å². The van der Waals surface area contributed by atoms with Gasteiger partial charge in [0.1, 0.15) is 17.8 Å². The summed E-state index contributed by atoms with van der Waals surface area (Å²) >= 11 is 3.62. The molecule has 3 aromatic rings. The van der Waals surface area contributed by atoms with Crippen LogP contribution in [-0.2, 0) is 4.57 Å². The average Bonchev–Trinajstić information content (AvgIpc) is 3.14. The maximum Gasteiger partial charge on any atom is 0.319 e. The van der Waals surface area contributed by atoms with Gasteiger partial charge in [-0.1, -0.05) is 102 Å². The van der Waals surface area contributed by atoms with E-state index < -0.39 is 20.6 Å². The maximum atomic E-state index is 14.4. The molecule has 0 saturated heterocycles. The topological polar surface area (TPSA) is 35.5 Å². The fourth-order valence-electron chi connectivity index (χ4n) is 4.65. The lowest BCUT2D eigenvalue weighted by molar-refractivity contribution is 0.387. The van der Waals surface area contributed by atoms with E-state index in [1.54, 1.807) is 0 Å². The predicted molar refractivity (Wildman–Crippen MR) is 145 cm³/mol. The summed E-state index contributed by atoms with van der Waals surface area (Å²) in [5.74, 6) is 1.34. The first-order valence-corrected chi connectivity index (χ1v) is 15.9. The van der Waals surface area contributed by atoms with Crippen molar-refractivity contribution in [3.05, 3.63) is 77.3 Å². The highest BCUT2D eigenvalue weighted by Crippen LogP contribution is 2.64. The van der Waals surface area contributed by atoms with Gasteiger partial charge < -0.3 is 13.7 Å². The molecule has 0 spiro atoms. The molecule has 33 heavy (non-hydrogen) atoms. The molecule has 0 amide bonds. The Kier molecular flexibility index (Phi) is 6.22. The smallest absolute Gasteiger partial charge is 0.319 e. The Morgan fingerprint density at radius 3 is 1.82 bits per heavy atom. The second-order valence-electron chi connectivity index (χ2n) is 10.7. The SMILES string of the molecule is CC(C)(C)[Si](Oc1ccc(Br)c2c1P(=O)(C(C)(C)C)CO2)(c1ccccc1)c1ccccc1. The van der Waals surface area contributed by atoms with Crippen LogP contribution in [0.5, 0.6) is 11.5 Å². The van der Waals surface area contributed by atoms with Gasteiger partial charge in [-0.05, 0) is 43.5 Å². The third-order valence-corrected chi connectivity index (χ3v) is 15.9. The number of benzene rings is 3. The van der Waals surface area contributed by atoms with Crippen molar-refractivity contribution in [3.63, 3.8) is 0 Å². The van der Waals surface area contributed by atoms with Crippen LogP contribution < -0.4 is 24.8 Å². The van der Waals surface area contributed by atoms with Gasteiger partial charge in [-0.25, -0.2) is 0 Å². The van der Waals surface area contributed by atoms with Crippen molar-refractivity contribution in [2.24, 2.45) is 0 Å². The van der Waals surface area contributed by atoms with Gasteiger partial charge in [-0.15, -0.1) is 0 Å². The first-order chi connectivity index (χ1) is 15.4. The van der Waals surface area contributed by atoms with E-state index in [1.807, 2.05) is 45.0 Å². The van der Waals surface area contributed by atoms with E-state index >= 15 is 0 Å². The fraction of sp³-hybridized carbons (Fsp3) is 0.333. The summed E-state index contributed by atoms with van der Waals surface area (Å²) in [6, 6.07) is 25.0. The van der Waals surface area contributed by atoms with Crippen LogP contribution in [0.4, 0.5) is 0 Å². The van der Waals surface area contributed by atoms with Crippen molar-refractivity contribution in [2.45, 2.75) is 51.7 Å². The second-order valence-corrected chi connectivity index (χ2v) is 19.3. The molecule has 0 fully saturated rings. The largest absolute Gasteiger partial charge is 0.533 e. The molecule has 174 valence electrons. The second kappa shape index (κ2) is 8.44. The zero-order valence-electron chi connectivity index (χ0n) is 20.2. The number of rotatable bonds is 4. The molecule has 1 heterocycles. The molecule has 1 atom stereocenters. The molecule has 3 nitrogen and oxygen atoms in total. The molecule has 1 aliphatic rings. The molecule has 3 aromatic carbocycles.